The van der Waals surface area contributed by atoms with E-state index in [1.807, 2.05) is 48.5 Å². The summed E-state index contributed by atoms with van der Waals surface area (Å²) in [5, 5.41) is 3.49. The van der Waals surface area contributed by atoms with Crippen LogP contribution in [0.3, 0.4) is 0 Å². The Morgan fingerprint density at radius 3 is 2.19 bits per heavy atom. The minimum Gasteiger partial charge on any atom is -0.465 e. The third kappa shape index (κ3) is 2.90. The van der Waals surface area contributed by atoms with Gasteiger partial charge in [0, 0.05) is 5.54 Å². The Bertz CT molecular complexity index is 784. The second-order valence-corrected chi connectivity index (χ2v) is 8.59. The Morgan fingerprint density at radius 1 is 0.962 bits per heavy atom. The lowest BCUT2D eigenvalue weighted by atomic mass is 9.53. The monoisotopic (exact) mass is 347 g/mol. The van der Waals surface area contributed by atoms with Gasteiger partial charge in [-0.1, -0.05) is 30.3 Å². The Labute approximate surface area is 154 Å². The molecular formula is C23H25NO2. The van der Waals surface area contributed by atoms with Crippen LogP contribution < -0.4 is 5.32 Å². The van der Waals surface area contributed by atoms with Crippen LogP contribution in [0.2, 0.25) is 0 Å². The molecule has 134 valence electrons. The molecule has 0 aliphatic heterocycles. The van der Waals surface area contributed by atoms with Crippen LogP contribution in [0.1, 0.15) is 49.8 Å². The number of hydrogen-bond acceptors (Lipinski definition) is 2. The Balaban J connectivity index is 1.45. The fourth-order valence-corrected chi connectivity index (χ4v) is 5.99. The predicted octanol–water partition coefficient (Wildman–Crippen LogP) is 4.91. The molecule has 4 aliphatic carbocycles. The third-order valence-electron chi connectivity index (χ3n) is 6.58. The Morgan fingerprint density at radius 2 is 1.62 bits per heavy atom. The maximum absolute atomic E-state index is 13.3. The van der Waals surface area contributed by atoms with Crippen molar-refractivity contribution in [2.75, 3.05) is 0 Å². The zero-order chi connectivity index (χ0) is 17.6. The lowest BCUT2D eigenvalue weighted by Crippen LogP contribution is -2.59. The number of rotatable bonds is 4. The zero-order valence-electron chi connectivity index (χ0n) is 15.0. The first-order valence-electron chi connectivity index (χ1n) is 9.82. The fourth-order valence-electron chi connectivity index (χ4n) is 5.99. The maximum Gasteiger partial charge on any atom is 0.252 e. The van der Waals surface area contributed by atoms with E-state index in [0.29, 0.717) is 11.3 Å². The number of furan rings is 1. The van der Waals surface area contributed by atoms with Crippen LogP contribution in [0, 0.1) is 17.8 Å². The molecule has 0 radical (unpaired) electrons. The average Bonchev–Trinajstić information content (AvgIpc) is 3.12. The minimum atomic E-state index is 0.0167. The largest absolute Gasteiger partial charge is 0.465 e. The van der Waals surface area contributed by atoms with Crippen molar-refractivity contribution in [3.63, 3.8) is 0 Å². The molecule has 0 atom stereocenters. The van der Waals surface area contributed by atoms with E-state index in [1.165, 1.54) is 19.3 Å². The number of hydrogen-bond donors (Lipinski definition) is 1. The van der Waals surface area contributed by atoms with Crippen LogP contribution in [0.15, 0.2) is 53.1 Å². The molecule has 1 N–H and O–H groups in total. The highest BCUT2D eigenvalue weighted by molar-refractivity contribution is 6.24. The zero-order valence-corrected chi connectivity index (χ0v) is 15.0. The van der Waals surface area contributed by atoms with Crippen LogP contribution >= 0.6 is 0 Å². The molecule has 0 unspecified atom stereocenters. The SMILES string of the molecule is O=C(NC12CC3CC(CC(C3)C1)C2)/C(=C/c1ccco1)c1ccccc1. The van der Waals surface area contributed by atoms with E-state index >= 15 is 0 Å². The molecule has 0 saturated heterocycles. The molecule has 3 nitrogen and oxygen atoms in total. The van der Waals surface area contributed by atoms with Gasteiger partial charge in [-0.2, -0.15) is 0 Å². The number of nitrogens with one attached hydrogen (secondary N) is 1. The van der Waals surface area contributed by atoms with Crippen LogP contribution in [0.4, 0.5) is 0 Å². The summed E-state index contributed by atoms with van der Waals surface area (Å²) in [5.41, 5.74) is 1.64. The molecule has 3 heteroatoms. The highest BCUT2D eigenvalue weighted by atomic mass is 16.3. The van der Waals surface area contributed by atoms with Gasteiger partial charge in [0.15, 0.2) is 0 Å². The first-order valence-corrected chi connectivity index (χ1v) is 9.82. The molecule has 0 spiro atoms. The van der Waals surface area contributed by atoms with E-state index in [2.05, 4.69) is 5.32 Å². The molecule has 4 saturated carbocycles. The lowest BCUT2D eigenvalue weighted by Gasteiger charge is -2.57. The molecule has 1 aromatic carbocycles. The summed E-state index contributed by atoms with van der Waals surface area (Å²) in [6.07, 6.45) is 11.1. The van der Waals surface area contributed by atoms with Gasteiger partial charge in [-0.3, -0.25) is 4.79 Å². The van der Waals surface area contributed by atoms with Gasteiger partial charge >= 0.3 is 0 Å². The van der Waals surface area contributed by atoms with Crippen molar-refractivity contribution < 1.29 is 9.21 Å². The Kier molecular flexibility index (Phi) is 3.77. The third-order valence-corrected chi connectivity index (χ3v) is 6.58. The average molecular weight is 347 g/mol. The minimum absolute atomic E-state index is 0.0167. The van der Waals surface area contributed by atoms with Gasteiger partial charge in [-0.05, 0) is 80.1 Å². The van der Waals surface area contributed by atoms with E-state index in [9.17, 15) is 4.79 Å². The van der Waals surface area contributed by atoms with E-state index in [1.54, 1.807) is 6.26 Å². The summed E-state index contributed by atoms with van der Waals surface area (Å²) in [4.78, 5) is 13.3. The van der Waals surface area contributed by atoms with Gasteiger partial charge < -0.3 is 9.73 Å². The first kappa shape index (κ1) is 15.9. The van der Waals surface area contributed by atoms with Crippen LogP contribution in [0.5, 0.6) is 0 Å². The van der Waals surface area contributed by atoms with E-state index in [0.717, 1.165) is 42.6 Å². The van der Waals surface area contributed by atoms with Crippen molar-refractivity contribution >= 4 is 17.6 Å². The van der Waals surface area contributed by atoms with Crippen molar-refractivity contribution in [3.05, 3.63) is 60.1 Å². The molecule has 6 rings (SSSR count). The molecule has 4 fully saturated rings. The number of carbonyl (C=O) groups excluding carboxylic acids is 1. The topological polar surface area (TPSA) is 42.2 Å². The van der Waals surface area contributed by atoms with Gasteiger partial charge in [0.2, 0.25) is 0 Å². The molecule has 4 bridgehead atoms. The molecule has 2 aromatic rings. The van der Waals surface area contributed by atoms with Gasteiger partial charge in [0.05, 0.1) is 11.8 Å². The number of amides is 1. The molecule has 4 aliphatic rings. The first-order chi connectivity index (χ1) is 12.7. The predicted molar refractivity (Wildman–Crippen MR) is 102 cm³/mol. The number of benzene rings is 1. The van der Waals surface area contributed by atoms with Crippen molar-refractivity contribution in [1.29, 1.82) is 0 Å². The molecule has 1 heterocycles. The van der Waals surface area contributed by atoms with Crippen LogP contribution in [-0.2, 0) is 4.79 Å². The smallest absolute Gasteiger partial charge is 0.252 e. The summed E-state index contributed by atoms with van der Waals surface area (Å²) in [6.45, 7) is 0. The summed E-state index contributed by atoms with van der Waals surface area (Å²) in [6, 6.07) is 13.7. The molecule has 1 amide bonds. The van der Waals surface area contributed by atoms with E-state index in [4.69, 9.17) is 4.42 Å². The molecular weight excluding hydrogens is 322 g/mol. The highest BCUT2D eigenvalue weighted by Crippen LogP contribution is 2.55. The van der Waals surface area contributed by atoms with Crippen molar-refractivity contribution in [2.24, 2.45) is 17.8 Å². The van der Waals surface area contributed by atoms with Crippen molar-refractivity contribution in [2.45, 2.75) is 44.1 Å². The van der Waals surface area contributed by atoms with Crippen LogP contribution in [-0.4, -0.2) is 11.4 Å². The quantitative estimate of drug-likeness (QED) is 0.799. The van der Waals surface area contributed by atoms with Gasteiger partial charge in [-0.15, -0.1) is 0 Å². The van der Waals surface area contributed by atoms with Gasteiger partial charge in [0.1, 0.15) is 5.76 Å². The van der Waals surface area contributed by atoms with Crippen LogP contribution in [0.25, 0.3) is 11.6 Å². The summed E-state index contributed by atoms with van der Waals surface area (Å²) in [5.74, 6) is 3.20. The van der Waals surface area contributed by atoms with Crippen molar-refractivity contribution in [3.8, 4) is 0 Å². The van der Waals surface area contributed by atoms with Gasteiger partial charge in [0.25, 0.3) is 5.91 Å². The lowest BCUT2D eigenvalue weighted by molar-refractivity contribution is -0.121. The van der Waals surface area contributed by atoms with E-state index < -0.39 is 0 Å². The highest BCUT2D eigenvalue weighted by Gasteiger charge is 2.51. The second kappa shape index (κ2) is 6.15. The fraction of sp³-hybridized carbons (Fsp3) is 0.435. The number of carbonyl (C=O) groups is 1. The Hall–Kier alpha value is -2.29. The maximum atomic E-state index is 13.3. The molecule has 26 heavy (non-hydrogen) atoms. The van der Waals surface area contributed by atoms with E-state index in [-0.39, 0.29) is 11.4 Å². The van der Waals surface area contributed by atoms with Gasteiger partial charge in [-0.25, -0.2) is 0 Å². The summed E-state index contributed by atoms with van der Waals surface area (Å²) < 4.78 is 5.47. The van der Waals surface area contributed by atoms with Crippen molar-refractivity contribution in [1.82, 2.24) is 5.32 Å². The molecule has 1 aromatic heterocycles. The normalized spacial score (nSPS) is 32.6. The summed E-state index contributed by atoms with van der Waals surface area (Å²) in [7, 11) is 0. The summed E-state index contributed by atoms with van der Waals surface area (Å²) >= 11 is 0. The second-order valence-electron chi connectivity index (χ2n) is 8.59. The standard InChI is InChI=1S/C23H25NO2/c25-22(24-23-13-16-9-17(14-23)11-18(10-16)15-23)21(12-20-7-4-8-26-20)19-5-2-1-3-6-19/h1-8,12,16-18H,9-11,13-15H2,(H,24,25)/b21-12+.